The van der Waals surface area contributed by atoms with Crippen LogP contribution in [0.15, 0.2) is 0 Å². The molecule has 1 amide bonds. The average Bonchev–Trinajstić information content (AvgIpc) is 2.81. The molecule has 1 saturated heterocycles. The van der Waals surface area contributed by atoms with E-state index in [1.165, 1.54) is 57.8 Å². The van der Waals surface area contributed by atoms with E-state index in [2.05, 4.69) is 19.2 Å². The molecule has 1 unspecified atom stereocenters. The molecule has 0 aromatic carbocycles. The van der Waals surface area contributed by atoms with Crippen molar-refractivity contribution in [1.29, 1.82) is 0 Å². The van der Waals surface area contributed by atoms with Crippen LogP contribution in [-0.2, 0) is 23.9 Å². The summed E-state index contributed by atoms with van der Waals surface area (Å²) < 4.78 is 11.4. The quantitative estimate of drug-likeness (QED) is 0.0949. The van der Waals surface area contributed by atoms with E-state index in [9.17, 15) is 14.4 Å². The highest BCUT2D eigenvalue weighted by molar-refractivity contribution is 5.79. The van der Waals surface area contributed by atoms with Gasteiger partial charge in [-0.1, -0.05) is 105 Å². The Balaban J connectivity index is 2.58. The number of rotatable bonds is 23. The van der Waals surface area contributed by atoms with Crippen molar-refractivity contribution in [2.75, 3.05) is 0 Å². The molecule has 0 radical (unpaired) electrons. The van der Waals surface area contributed by atoms with E-state index in [0.717, 1.165) is 38.5 Å². The van der Waals surface area contributed by atoms with Gasteiger partial charge in [-0.25, -0.2) is 4.79 Å². The van der Waals surface area contributed by atoms with Gasteiger partial charge in [0, 0.05) is 6.42 Å². The first kappa shape index (κ1) is 31.4. The Labute approximate surface area is 214 Å². The Morgan fingerprint density at radius 1 is 0.943 bits per heavy atom. The van der Waals surface area contributed by atoms with Gasteiger partial charge in [0.25, 0.3) is 0 Å². The number of hydrogen-bond donors (Lipinski definition) is 1. The predicted octanol–water partition coefficient (Wildman–Crippen LogP) is 6.88. The molecule has 0 spiro atoms. The van der Waals surface area contributed by atoms with Crippen molar-refractivity contribution >= 4 is 18.3 Å². The van der Waals surface area contributed by atoms with Crippen molar-refractivity contribution in [1.82, 2.24) is 5.32 Å². The van der Waals surface area contributed by atoms with E-state index in [4.69, 9.17) is 9.47 Å². The largest absolute Gasteiger partial charge is 0.461 e. The summed E-state index contributed by atoms with van der Waals surface area (Å²) in [6.07, 6.45) is 18.5. The molecular weight excluding hydrogens is 442 g/mol. The van der Waals surface area contributed by atoms with E-state index < -0.39 is 6.04 Å². The SMILES string of the molecule is CCCCCCCCCCCC(C[C@H]1OC(=O)[C@H]1CCCCCC)OC(=O)[C@H](CC(C)C)NC=O. The number of esters is 2. The highest BCUT2D eigenvalue weighted by Gasteiger charge is 2.43. The third-order valence-electron chi connectivity index (χ3n) is 7.06. The first-order valence-electron chi connectivity index (χ1n) is 14.5. The maximum atomic E-state index is 12.9. The minimum atomic E-state index is -0.632. The lowest BCUT2D eigenvalue weighted by molar-refractivity contribution is -0.190. The lowest BCUT2D eigenvalue weighted by atomic mass is 9.86. The van der Waals surface area contributed by atoms with Gasteiger partial charge in [0.2, 0.25) is 6.41 Å². The molecule has 1 aliphatic heterocycles. The van der Waals surface area contributed by atoms with Gasteiger partial charge < -0.3 is 14.8 Å². The first-order chi connectivity index (χ1) is 16.9. The molecule has 1 rings (SSSR count). The van der Waals surface area contributed by atoms with E-state index in [0.29, 0.717) is 19.3 Å². The van der Waals surface area contributed by atoms with E-state index >= 15 is 0 Å². The second kappa shape index (κ2) is 19.6. The summed E-state index contributed by atoms with van der Waals surface area (Å²) in [7, 11) is 0. The first-order valence-corrected chi connectivity index (χ1v) is 14.5. The maximum absolute atomic E-state index is 12.9. The van der Waals surface area contributed by atoms with Crippen LogP contribution in [0.4, 0.5) is 0 Å². The molecule has 6 heteroatoms. The lowest BCUT2D eigenvalue weighted by Crippen LogP contribution is -2.48. The lowest BCUT2D eigenvalue weighted by Gasteiger charge is -2.37. The summed E-state index contributed by atoms with van der Waals surface area (Å²) in [6.45, 7) is 8.45. The molecule has 1 aliphatic rings. The van der Waals surface area contributed by atoms with Crippen LogP contribution in [0.5, 0.6) is 0 Å². The van der Waals surface area contributed by atoms with Crippen LogP contribution in [-0.4, -0.2) is 36.6 Å². The van der Waals surface area contributed by atoms with Crippen molar-refractivity contribution < 1.29 is 23.9 Å². The predicted molar refractivity (Wildman–Crippen MR) is 141 cm³/mol. The molecule has 0 saturated carbocycles. The van der Waals surface area contributed by atoms with Crippen LogP contribution in [0.3, 0.4) is 0 Å². The maximum Gasteiger partial charge on any atom is 0.328 e. The molecule has 204 valence electrons. The molecule has 1 N–H and O–H groups in total. The van der Waals surface area contributed by atoms with Crippen molar-refractivity contribution in [3.05, 3.63) is 0 Å². The van der Waals surface area contributed by atoms with Gasteiger partial charge in [-0.05, 0) is 31.6 Å². The highest BCUT2D eigenvalue weighted by Crippen LogP contribution is 2.32. The molecule has 1 heterocycles. The summed E-state index contributed by atoms with van der Waals surface area (Å²) in [4.78, 5) is 36.0. The van der Waals surface area contributed by atoms with Crippen LogP contribution in [0.1, 0.15) is 137 Å². The van der Waals surface area contributed by atoms with Crippen LogP contribution >= 0.6 is 0 Å². The average molecular weight is 496 g/mol. The molecule has 1 fully saturated rings. The monoisotopic (exact) mass is 495 g/mol. The summed E-state index contributed by atoms with van der Waals surface area (Å²) >= 11 is 0. The minimum absolute atomic E-state index is 0.0734. The molecule has 0 aromatic rings. The van der Waals surface area contributed by atoms with Gasteiger partial charge in [-0.15, -0.1) is 0 Å². The third-order valence-corrected chi connectivity index (χ3v) is 7.06. The third kappa shape index (κ3) is 13.9. The van der Waals surface area contributed by atoms with Gasteiger partial charge in [-0.2, -0.15) is 0 Å². The molecule has 6 nitrogen and oxygen atoms in total. The fraction of sp³-hybridized carbons (Fsp3) is 0.897. The smallest absolute Gasteiger partial charge is 0.328 e. The number of hydrogen-bond acceptors (Lipinski definition) is 5. The van der Waals surface area contributed by atoms with Crippen molar-refractivity contribution in [3.63, 3.8) is 0 Å². The molecule has 0 aliphatic carbocycles. The normalized spacial score (nSPS) is 19.1. The summed E-state index contributed by atoms with van der Waals surface area (Å²) in [5.74, 6) is -0.302. The number of nitrogens with one attached hydrogen (secondary N) is 1. The zero-order chi connectivity index (χ0) is 25.9. The fourth-order valence-electron chi connectivity index (χ4n) is 4.90. The van der Waals surface area contributed by atoms with Crippen LogP contribution < -0.4 is 5.32 Å². The van der Waals surface area contributed by atoms with Gasteiger partial charge in [0.15, 0.2) is 0 Å². The second-order valence-electron chi connectivity index (χ2n) is 10.8. The van der Waals surface area contributed by atoms with Crippen LogP contribution in [0, 0.1) is 11.8 Å². The zero-order valence-corrected chi connectivity index (χ0v) is 23.0. The Kier molecular flexibility index (Phi) is 17.6. The summed E-state index contributed by atoms with van der Waals surface area (Å²) in [6, 6.07) is -0.632. The van der Waals surface area contributed by atoms with E-state index in [1.54, 1.807) is 0 Å². The molecule has 0 aromatic heterocycles. The zero-order valence-electron chi connectivity index (χ0n) is 23.0. The number of cyclic esters (lactones) is 1. The Hall–Kier alpha value is -1.59. The standard InChI is InChI=1S/C29H53NO5/c1-5-7-9-11-12-13-14-15-16-18-24(34-29(33)26(30-22-31)20-23(3)4)21-27-25(28(32)35-27)19-17-10-8-6-2/h22-27H,5-21H2,1-4H3,(H,30,31)/t24?,25-,26-,27+/m0/s1. The number of carbonyl (C=O) groups excluding carboxylic acids is 3. The number of ether oxygens (including phenoxy) is 2. The number of amides is 1. The Morgan fingerprint density at radius 2 is 1.51 bits per heavy atom. The van der Waals surface area contributed by atoms with Gasteiger partial charge in [0.05, 0.1) is 5.92 Å². The van der Waals surface area contributed by atoms with E-state index in [-0.39, 0.29) is 36.0 Å². The molecular formula is C29H53NO5. The van der Waals surface area contributed by atoms with Crippen molar-refractivity contribution in [3.8, 4) is 0 Å². The minimum Gasteiger partial charge on any atom is -0.461 e. The molecule has 0 bridgehead atoms. The van der Waals surface area contributed by atoms with Crippen LogP contribution in [0.2, 0.25) is 0 Å². The molecule has 4 atom stereocenters. The molecule has 35 heavy (non-hydrogen) atoms. The summed E-state index contributed by atoms with van der Waals surface area (Å²) in [5.41, 5.74) is 0. The Morgan fingerprint density at radius 3 is 2.06 bits per heavy atom. The van der Waals surface area contributed by atoms with Crippen LogP contribution in [0.25, 0.3) is 0 Å². The highest BCUT2D eigenvalue weighted by atomic mass is 16.6. The van der Waals surface area contributed by atoms with Gasteiger partial charge in [0.1, 0.15) is 18.2 Å². The van der Waals surface area contributed by atoms with Gasteiger partial charge >= 0.3 is 11.9 Å². The van der Waals surface area contributed by atoms with Crippen molar-refractivity contribution in [2.45, 2.75) is 155 Å². The second-order valence-corrected chi connectivity index (χ2v) is 10.8. The fourth-order valence-corrected chi connectivity index (χ4v) is 4.90. The topological polar surface area (TPSA) is 81.7 Å². The van der Waals surface area contributed by atoms with Gasteiger partial charge in [-0.3, -0.25) is 9.59 Å². The van der Waals surface area contributed by atoms with Crippen molar-refractivity contribution in [2.24, 2.45) is 11.8 Å². The number of carbonyl (C=O) groups is 3. The number of unbranched alkanes of at least 4 members (excludes halogenated alkanes) is 11. The Bertz CT molecular complexity index is 579. The van der Waals surface area contributed by atoms with E-state index in [1.807, 2.05) is 13.8 Å². The summed E-state index contributed by atoms with van der Waals surface area (Å²) in [5, 5.41) is 2.62.